The van der Waals surface area contributed by atoms with Gasteiger partial charge in [-0.1, -0.05) is 13.8 Å². The number of fused-ring (bicyclic) bond motifs is 1. The van der Waals surface area contributed by atoms with Crippen molar-refractivity contribution in [3.05, 3.63) is 53.6 Å². The molecule has 0 aromatic heterocycles. The predicted molar refractivity (Wildman–Crippen MR) is 135 cm³/mol. The van der Waals surface area contributed by atoms with E-state index in [0.29, 0.717) is 18.7 Å². The first-order valence-electron chi connectivity index (χ1n) is 12.0. The maximum atomic E-state index is 12.7. The van der Waals surface area contributed by atoms with E-state index in [1.807, 2.05) is 34.1 Å². The molecule has 2 aromatic rings. The van der Waals surface area contributed by atoms with Crippen LogP contribution in [0, 0.1) is 17.2 Å². The van der Waals surface area contributed by atoms with E-state index in [4.69, 9.17) is 5.26 Å². The third-order valence-electron chi connectivity index (χ3n) is 7.25. The number of nitrogens with zero attached hydrogens (tertiary/aromatic N) is 4. The fraction of sp³-hybridized carbons (Fsp3) is 0.444. The Bertz CT molecular complexity index is 1100. The van der Waals surface area contributed by atoms with E-state index in [1.54, 1.807) is 13.8 Å². The van der Waals surface area contributed by atoms with Crippen molar-refractivity contribution < 1.29 is 9.59 Å². The Morgan fingerprint density at radius 1 is 1.03 bits per heavy atom. The summed E-state index contributed by atoms with van der Waals surface area (Å²) in [6.45, 7) is 10.6. The summed E-state index contributed by atoms with van der Waals surface area (Å²) < 4.78 is 0. The van der Waals surface area contributed by atoms with Gasteiger partial charge in [0.2, 0.25) is 11.8 Å². The van der Waals surface area contributed by atoms with Gasteiger partial charge in [0.05, 0.1) is 17.7 Å². The van der Waals surface area contributed by atoms with Crippen molar-refractivity contribution in [3.63, 3.8) is 0 Å². The van der Waals surface area contributed by atoms with Gasteiger partial charge in [-0.25, -0.2) is 0 Å². The van der Waals surface area contributed by atoms with Crippen molar-refractivity contribution in [2.75, 3.05) is 41.3 Å². The second-order valence-corrected chi connectivity index (χ2v) is 9.27. The molecule has 0 radical (unpaired) electrons. The van der Waals surface area contributed by atoms with Gasteiger partial charge < -0.3 is 20.0 Å². The summed E-state index contributed by atoms with van der Waals surface area (Å²) in [4.78, 5) is 30.6. The largest absolute Gasteiger partial charge is 0.378 e. The molecule has 34 heavy (non-hydrogen) atoms. The Kier molecular flexibility index (Phi) is 6.78. The summed E-state index contributed by atoms with van der Waals surface area (Å²) in [6, 6.07) is 16.2. The molecule has 0 bridgehead atoms. The first-order chi connectivity index (χ1) is 16.3. The van der Waals surface area contributed by atoms with Crippen LogP contribution in [0.4, 0.5) is 17.1 Å². The highest BCUT2D eigenvalue weighted by molar-refractivity contribution is 5.94. The number of hydrogen-bond donors (Lipinski definition) is 1. The highest BCUT2D eigenvalue weighted by atomic mass is 16.2. The minimum absolute atomic E-state index is 0.0157. The molecular weight excluding hydrogens is 426 g/mol. The van der Waals surface area contributed by atoms with Crippen LogP contribution in [-0.4, -0.2) is 48.9 Å². The molecule has 2 amide bonds. The van der Waals surface area contributed by atoms with E-state index in [2.05, 4.69) is 48.3 Å². The average Bonchev–Trinajstić information content (AvgIpc) is 2.85. The van der Waals surface area contributed by atoms with Gasteiger partial charge in [0.15, 0.2) is 0 Å². The number of nitrogens with one attached hydrogen (secondary N) is 1. The van der Waals surface area contributed by atoms with Crippen LogP contribution in [0.2, 0.25) is 0 Å². The molecule has 3 atom stereocenters. The van der Waals surface area contributed by atoms with Crippen LogP contribution in [-0.2, 0) is 9.59 Å². The van der Waals surface area contributed by atoms with E-state index >= 15 is 0 Å². The average molecular weight is 460 g/mol. The number of carbonyl (C=O) groups excluding carboxylic acids is 2. The van der Waals surface area contributed by atoms with Crippen molar-refractivity contribution in [3.8, 4) is 6.07 Å². The number of anilines is 3. The maximum Gasteiger partial charge on any atom is 0.224 e. The van der Waals surface area contributed by atoms with Crippen molar-refractivity contribution >= 4 is 28.9 Å². The number of nitriles is 1. The summed E-state index contributed by atoms with van der Waals surface area (Å²) in [5.74, 6) is 0.356. The number of hydrogen-bond acceptors (Lipinski definition) is 5. The predicted octanol–water partition coefficient (Wildman–Crippen LogP) is 4.16. The molecule has 1 fully saturated rings. The normalized spacial score (nSPS) is 22.1. The summed E-state index contributed by atoms with van der Waals surface area (Å²) in [5, 5.41) is 12.8. The lowest BCUT2D eigenvalue weighted by Gasteiger charge is -2.46. The van der Waals surface area contributed by atoms with Gasteiger partial charge in [-0.2, -0.15) is 5.26 Å². The summed E-state index contributed by atoms with van der Waals surface area (Å²) in [6.07, 6.45) is 0.862. The van der Waals surface area contributed by atoms with Crippen LogP contribution in [0.5, 0.6) is 0 Å². The van der Waals surface area contributed by atoms with Gasteiger partial charge in [-0.05, 0) is 48.9 Å². The van der Waals surface area contributed by atoms with E-state index in [-0.39, 0.29) is 29.8 Å². The number of benzene rings is 2. The quantitative estimate of drug-likeness (QED) is 0.743. The van der Waals surface area contributed by atoms with E-state index in [0.717, 1.165) is 42.1 Å². The molecule has 2 aliphatic heterocycles. The standard InChI is InChI=1S/C27H33N5O2/c1-5-25-18(2)27(29-22-8-6-21(17-28)7-9-22)24-16-23(10-11-26(24)32(25)20(4)34)31-14-12-30(13-15-31)19(3)33/h6-11,16,18,25,27,29H,5,12-15H2,1-4H3/t18-,25-,27?/m0/s1. The summed E-state index contributed by atoms with van der Waals surface area (Å²) >= 11 is 0. The molecule has 2 aromatic carbocycles. The van der Waals surface area contributed by atoms with Gasteiger partial charge in [-0.15, -0.1) is 0 Å². The molecule has 2 heterocycles. The lowest BCUT2D eigenvalue weighted by Crippen LogP contribution is -2.50. The zero-order valence-corrected chi connectivity index (χ0v) is 20.4. The first kappa shape index (κ1) is 23.6. The van der Waals surface area contributed by atoms with E-state index in [9.17, 15) is 9.59 Å². The third kappa shape index (κ3) is 4.45. The van der Waals surface area contributed by atoms with Crippen LogP contribution >= 0.6 is 0 Å². The number of rotatable bonds is 4. The topological polar surface area (TPSA) is 79.7 Å². The minimum atomic E-state index is 0.0157. The molecule has 1 saturated heterocycles. The van der Waals surface area contributed by atoms with Crippen LogP contribution in [0.3, 0.4) is 0 Å². The second-order valence-electron chi connectivity index (χ2n) is 9.27. The Labute approximate surface area is 201 Å². The monoisotopic (exact) mass is 459 g/mol. The van der Waals surface area contributed by atoms with Crippen molar-refractivity contribution in [1.29, 1.82) is 5.26 Å². The Morgan fingerprint density at radius 2 is 1.71 bits per heavy atom. The zero-order chi connectivity index (χ0) is 24.4. The molecule has 178 valence electrons. The molecule has 0 aliphatic carbocycles. The van der Waals surface area contributed by atoms with Gasteiger partial charge >= 0.3 is 0 Å². The van der Waals surface area contributed by atoms with Crippen LogP contribution < -0.4 is 15.1 Å². The van der Waals surface area contributed by atoms with Gasteiger partial charge in [0.1, 0.15) is 0 Å². The van der Waals surface area contributed by atoms with Crippen molar-refractivity contribution in [2.24, 2.45) is 5.92 Å². The molecule has 1 unspecified atom stereocenters. The van der Waals surface area contributed by atoms with Crippen LogP contribution in [0.15, 0.2) is 42.5 Å². The summed E-state index contributed by atoms with van der Waals surface area (Å²) in [7, 11) is 0. The van der Waals surface area contributed by atoms with Gasteiger partial charge in [-0.3, -0.25) is 9.59 Å². The Morgan fingerprint density at radius 3 is 2.26 bits per heavy atom. The number of amides is 2. The Hall–Kier alpha value is -3.53. The Balaban J connectivity index is 1.71. The molecular formula is C27H33N5O2. The molecule has 0 spiro atoms. The molecule has 7 heteroatoms. The molecule has 1 N–H and O–H groups in total. The fourth-order valence-electron chi connectivity index (χ4n) is 5.39. The van der Waals surface area contributed by atoms with Crippen molar-refractivity contribution in [2.45, 2.75) is 46.2 Å². The van der Waals surface area contributed by atoms with Gasteiger partial charge in [0.25, 0.3) is 0 Å². The molecule has 7 nitrogen and oxygen atoms in total. The molecule has 4 rings (SSSR count). The molecule has 0 saturated carbocycles. The number of piperazine rings is 1. The maximum absolute atomic E-state index is 12.7. The highest BCUT2D eigenvalue weighted by Crippen LogP contribution is 2.45. The number of carbonyl (C=O) groups is 2. The first-order valence-corrected chi connectivity index (χ1v) is 12.0. The van der Waals surface area contributed by atoms with Crippen LogP contribution in [0.25, 0.3) is 0 Å². The van der Waals surface area contributed by atoms with E-state index in [1.165, 1.54) is 0 Å². The zero-order valence-electron chi connectivity index (χ0n) is 20.4. The minimum Gasteiger partial charge on any atom is -0.378 e. The van der Waals surface area contributed by atoms with Crippen LogP contribution in [0.1, 0.15) is 51.3 Å². The fourth-order valence-corrected chi connectivity index (χ4v) is 5.39. The van der Waals surface area contributed by atoms with E-state index < -0.39 is 0 Å². The summed E-state index contributed by atoms with van der Waals surface area (Å²) in [5.41, 5.74) is 4.74. The van der Waals surface area contributed by atoms with Crippen molar-refractivity contribution in [1.82, 2.24) is 4.90 Å². The SMILES string of the molecule is CC[C@H]1[C@H](C)C(Nc2ccc(C#N)cc2)c2cc(N3CCN(C(C)=O)CC3)ccc2N1C(C)=O. The lowest BCUT2D eigenvalue weighted by atomic mass is 9.80. The second kappa shape index (κ2) is 9.76. The highest BCUT2D eigenvalue weighted by Gasteiger charge is 2.40. The molecule has 2 aliphatic rings. The lowest BCUT2D eigenvalue weighted by molar-refractivity contribution is -0.129. The van der Waals surface area contributed by atoms with Gasteiger partial charge in [0, 0.05) is 74.6 Å². The smallest absolute Gasteiger partial charge is 0.224 e. The third-order valence-corrected chi connectivity index (χ3v) is 7.25.